The summed E-state index contributed by atoms with van der Waals surface area (Å²) < 4.78 is 14.7. The average Bonchev–Trinajstić information content (AvgIpc) is 2.93. The molecule has 3 rings (SSSR count). The van der Waals surface area contributed by atoms with E-state index in [1.807, 2.05) is 35.1 Å². The standard InChI is InChI=1S/C15H17IN2O2/c16-13-9-10-18(17-13)14-7-4-8-15(20-14)19-11-12-5-2-1-3-6-12/h1-3,5-6,9-10,14-15H,4,7-8,11H2. The SMILES string of the molecule is Ic1ccn(C2CCCC(OCc3ccccc3)O2)n1. The number of nitrogens with zero attached hydrogens (tertiary/aromatic N) is 2. The zero-order chi connectivity index (χ0) is 13.8. The molecule has 2 unspecified atom stereocenters. The lowest BCUT2D eigenvalue weighted by molar-refractivity contribution is -0.222. The predicted octanol–water partition coefficient (Wildman–Crippen LogP) is 3.73. The molecule has 1 aliphatic rings. The highest BCUT2D eigenvalue weighted by Gasteiger charge is 2.24. The van der Waals surface area contributed by atoms with Gasteiger partial charge in [-0.1, -0.05) is 30.3 Å². The number of hydrogen-bond acceptors (Lipinski definition) is 3. The predicted molar refractivity (Wildman–Crippen MR) is 83.9 cm³/mol. The van der Waals surface area contributed by atoms with Crippen LogP contribution in [-0.4, -0.2) is 16.1 Å². The van der Waals surface area contributed by atoms with Crippen molar-refractivity contribution in [1.82, 2.24) is 9.78 Å². The lowest BCUT2D eigenvalue weighted by Gasteiger charge is -2.30. The van der Waals surface area contributed by atoms with Gasteiger partial charge < -0.3 is 9.47 Å². The molecule has 2 aromatic rings. The van der Waals surface area contributed by atoms with Crippen LogP contribution in [0.1, 0.15) is 31.1 Å². The molecular weight excluding hydrogens is 367 g/mol. The van der Waals surface area contributed by atoms with E-state index in [2.05, 4.69) is 39.8 Å². The molecular formula is C15H17IN2O2. The van der Waals surface area contributed by atoms with Crippen LogP contribution in [0.5, 0.6) is 0 Å². The van der Waals surface area contributed by atoms with E-state index in [1.54, 1.807) is 0 Å². The first-order valence-electron chi connectivity index (χ1n) is 6.83. The number of benzene rings is 1. The van der Waals surface area contributed by atoms with Crippen LogP contribution in [0.4, 0.5) is 0 Å². The normalized spacial score (nSPS) is 22.9. The van der Waals surface area contributed by atoms with Crippen LogP contribution in [0, 0.1) is 3.70 Å². The third kappa shape index (κ3) is 3.59. The van der Waals surface area contributed by atoms with Crippen molar-refractivity contribution in [3.63, 3.8) is 0 Å². The van der Waals surface area contributed by atoms with Gasteiger partial charge in [-0.2, -0.15) is 5.10 Å². The minimum atomic E-state index is -0.143. The quantitative estimate of drug-likeness (QED) is 0.754. The van der Waals surface area contributed by atoms with Gasteiger partial charge in [-0.25, -0.2) is 4.68 Å². The van der Waals surface area contributed by atoms with E-state index >= 15 is 0 Å². The Morgan fingerprint density at radius 2 is 2.10 bits per heavy atom. The number of ether oxygens (including phenoxy) is 2. The van der Waals surface area contributed by atoms with E-state index < -0.39 is 0 Å². The third-order valence-corrected chi connectivity index (χ3v) is 3.92. The molecule has 0 bridgehead atoms. The maximum absolute atomic E-state index is 5.98. The van der Waals surface area contributed by atoms with Gasteiger partial charge >= 0.3 is 0 Å². The molecule has 0 radical (unpaired) electrons. The Kier molecular flexibility index (Phi) is 4.69. The van der Waals surface area contributed by atoms with E-state index in [4.69, 9.17) is 9.47 Å². The lowest BCUT2D eigenvalue weighted by Crippen LogP contribution is -2.28. The maximum Gasteiger partial charge on any atom is 0.160 e. The average molecular weight is 384 g/mol. The Morgan fingerprint density at radius 1 is 1.25 bits per heavy atom. The van der Waals surface area contributed by atoms with Gasteiger partial charge in [0.25, 0.3) is 0 Å². The number of halogens is 1. The van der Waals surface area contributed by atoms with Gasteiger partial charge in [0.15, 0.2) is 12.5 Å². The number of rotatable bonds is 4. The molecule has 0 spiro atoms. The minimum absolute atomic E-state index is 0.00645. The Labute approximate surface area is 132 Å². The zero-order valence-electron chi connectivity index (χ0n) is 11.1. The highest BCUT2D eigenvalue weighted by atomic mass is 127. The summed E-state index contributed by atoms with van der Waals surface area (Å²) in [7, 11) is 0. The van der Waals surface area contributed by atoms with E-state index in [1.165, 1.54) is 5.56 Å². The highest BCUT2D eigenvalue weighted by Crippen LogP contribution is 2.27. The summed E-state index contributed by atoms with van der Waals surface area (Å²) in [6.07, 6.45) is 4.85. The van der Waals surface area contributed by atoms with Gasteiger partial charge in [-0.15, -0.1) is 0 Å². The summed E-state index contributed by atoms with van der Waals surface area (Å²) >= 11 is 2.21. The Bertz CT molecular complexity index is 544. The minimum Gasteiger partial charge on any atom is -0.348 e. The summed E-state index contributed by atoms with van der Waals surface area (Å²) in [6, 6.07) is 12.2. The van der Waals surface area contributed by atoms with Gasteiger partial charge in [0.2, 0.25) is 0 Å². The van der Waals surface area contributed by atoms with Crippen LogP contribution in [0.2, 0.25) is 0 Å². The van der Waals surface area contributed by atoms with E-state index in [0.717, 1.165) is 23.0 Å². The fraction of sp³-hybridized carbons (Fsp3) is 0.400. The van der Waals surface area contributed by atoms with Crippen molar-refractivity contribution in [2.24, 2.45) is 0 Å². The van der Waals surface area contributed by atoms with E-state index in [9.17, 15) is 0 Å². The van der Waals surface area contributed by atoms with Crippen LogP contribution in [0.3, 0.4) is 0 Å². The van der Waals surface area contributed by atoms with Crippen LogP contribution < -0.4 is 0 Å². The second-order valence-corrected chi connectivity index (χ2v) is 5.97. The highest BCUT2D eigenvalue weighted by molar-refractivity contribution is 14.1. The van der Waals surface area contributed by atoms with Crippen molar-refractivity contribution in [2.75, 3.05) is 0 Å². The van der Waals surface area contributed by atoms with Crippen molar-refractivity contribution in [1.29, 1.82) is 0 Å². The maximum atomic E-state index is 5.98. The summed E-state index contributed by atoms with van der Waals surface area (Å²) in [5.74, 6) is 0. The van der Waals surface area contributed by atoms with Gasteiger partial charge in [-0.3, -0.25) is 0 Å². The fourth-order valence-electron chi connectivity index (χ4n) is 2.33. The molecule has 0 N–H and O–H groups in total. The zero-order valence-corrected chi connectivity index (χ0v) is 13.3. The molecule has 2 atom stereocenters. The van der Waals surface area contributed by atoms with E-state index in [-0.39, 0.29) is 12.5 Å². The summed E-state index contributed by atoms with van der Waals surface area (Å²) in [4.78, 5) is 0. The monoisotopic (exact) mass is 384 g/mol. The largest absolute Gasteiger partial charge is 0.348 e. The number of hydrogen-bond donors (Lipinski definition) is 0. The molecule has 1 saturated heterocycles. The first kappa shape index (κ1) is 14.0. The summed E-state index contributed by atoms with van der Waals surface area (Å²) in [5.41, 5.74) is 1.17. The van der Waals surface area contributed by atoms with E-state index in [0.29, 0.717) is 6.61 Å². The van der Waals surface area contributed by atoms with Crippen molar-refractivity contribution in [2.45, 2.75) is 38.4 Å². The van der Waals surface area contributed by atoms with Crippen molar-refractivity contribution in [3.8, 4) is 0 Å². The molecule has 4 nitrogen and oxygen atoms in total. The molecule has 1 fully saturated rings. The van der Waals surface area contributed by atoms with Gasteiger partial charge in [-0.05, 0) is 53.5 Å². The second-order valence-electron chi connectivity index (χ2n) is 4.87. The van der Waals surface area contributed by atoms with Crippen LogP contribution in [0.25, 0.3) is 0 Å². The Morgan fingerprint density at radius 3 is 2.85 bits per heavy atom. The first-order chi connectivity index (χ1) is 9.81. The number of aromatic nitrogens is 2. The molecule has 0 aliphatic carbocycles. The first-order valence-corrected chi connectivity index (χ1v) is 7.91. The van der Waals surface area contributed by atoms with Gasteiger partial charge in [0, 0.05) is 6.20 Å². The van der Waals surface area contributed by atoms with Gasteiger partial charge in [0.1, 0.15) is 3.70 Å². The lowest BCUT2D eigenvalue weighted by atomic mass is 10.1. The van der Waals surface area contributed by atoms with Crippen molar-refractivity contribution >= 4 is 22.6 Å². The van der Waals surface area contributed by atoms with Gasteiger partial charge in [0.05, 0.1) is 6.61 Å². The molecule has 1 aromatic heterocycles. The molecule has 20 heavy (non-hydrogen) atoms. The summed E-state index contributed by atoms with van der Waals surface area (Å²) in [6.45, 7) is 0.592. The molecule has 0 amide bonds. The Balaban J connectivity index is 1.55. The van der Waals surface area contributed by atoms with Crippen molar-refractivity contribution < 1.29 is 9.47 Å². The molecule has 1 aromatic carbocycles. The Hall–Kier alpha value is -0.920. The van der Waals surface area contributed by atoms with Crippen molar-refractivity contribution in [3.05, 3.63) is 51.9 Å². The topological polar surface area (TPSA) is 36.3 Å². The van der Waals surface area contributed by atoms with Crippen LogP contribution in [0.15, 0.2) is 42.6 Å². The molecule has 5 heteroatoms. The second kappa shape index (κ2) is 6.69. The van der Waals surface area contributed by atoms with Crippen LogP contribution in [-0.2, 0) is 16.1 Å². The fourth-order valence-corrected chi connectivity index (χ4v) is 2.74. The molecule has 106 valence electrons. The summed E-state index contributed by atoms with van der Waals surface area (Å²) in [5, 5.41) is 4.41. The third-order valence-electron chi connectivity index (χ3n) is 3.35. The molecule has 1 aliphatic heterocycles. The molecule has 0 saturated carbocycles. The van der Waals surface area contributed by atoms with Crippen LogP contribution >= 0.6 is 22.6 Å². The molecule has 2 heterocycles. The smallest absolute Gasteiger partial charge is 0.160 e.